The standard InChI is InChI=1S/C21H25ClN4O4S/c1-13(2)23-20(27)12-26(15-7-6-14(3)17(22)10-15)31(29,30)16-8-9-18-19(11-16)25(5)21(28)24(18)4/h6-11,13H,12H2,1-5H3,(H,23,27). The van der Waals surface area contributed by atoms with Gasteiger partial charge in [0.1, 0.15) is 6.54 Å². The maximum Gasteiger partial charge on any atom is 0.328 e. The highest BCUT2D eigenvalue weighted by molar-refractivity contribution is 7.92. The van der Waals surface area contributed by atoms with Crippen LogP contribution in [-0.2, 0) is 28.9 Å². The summed E-state index contributed by atoms with van der Waals surface area (Å²) in [4.78, 5) is 24.7. The van der Waals surface area contributed by atoms with Crippen molar-refractivity contribution in [2.45, 2.75) is 31.7 Å². The number of aryl methyl sites for hydroxylation is 3. The lowest BCUT2D eigenvalue weighted by Gasteiger charge is -2.25. The summed E-state index contributed by atoms with van der Waals surface area (Å²) in [6.45, 7) is 4.98. The number of benzene rings is 2. The van der Waals surface area contributed by atoms with Gasteiger partial charge < -0.3 is 5.32 Å². The van der Waals surface area contributed by atoms with E-state index >= 15 is 0 Å². The van der Waals surface area contributed by atoms with Gasteiger partial charge in [-0.2, -0.15) is 0 Å². The van der Waals surface area contributed by atoms with Crippen LogP contribution in [0.1, 0.15) is 19.4 Å². The number of hydrogen-bond donors (Lipinski definition) is 1. The van der Waals surface area contributed by atoms with Gasteiger partial charge in [-0.25, -0.2) is 13.2 Å². The molecule has 1 N–H and O–H groups in total. The van der Waals surface area contributed by atoms with Gasteiger partial charge in [0.15, 0.2) is 0 Å². The van der Waals surface area contributed by atoms with Gasteiger partial charge >= 0.3 is 5.69 Å². The molecular formula is C21H25ClN4O4S. The fraction of sp³-hybridized carbons (Fsp3) is 0.333. The molecule has 0 aliphatic rings. The van der Waals surface area contributed by atoms with E-state index < -0.39 is 22.5 Å². The van der Waals surface area contributed by atoms with Gasteiger partial charge in [0, 0.05) is 25.2 Å². The highest BCUT2D eigenvalue weighted by atomic mass is 35.5. The largest absolute Gasteiger partial charge is 0.352 e. The topological polar surface area (TPSA) is 93.4 Å². The van der Waals surface area contributed by atoms with Crippen LogP contribution in [0, 0.1) is 6.92 Å². The summed E-state index contributed by atoms with van der Waals surface area (Å²) >= 11 is 6.23. The molecule has 3 rings (SSSR count). The summed E-state index contributed by atoms with van der Waals surface area (Å²) < 4.78 is 31.1. The number of carbonyl (C=O) groups excluding carboxylic acids is 1. The summed E-state index contributed by atoms with van der Waals surface area (Å²) in [6, 6.07) is 9.14. The van der Waals surface area contributed by atoms with E-state index in [-0.39, 0.29) is 22.3 Å². The molecule has 0 aliphatic carbocycles. The van der Waals surface area contributed by atoms with E-state index in [4.69, 9.17) is 11.6 Å². The van der Waals surface area contributed by atoms with Crippen molar-refractivity contribution in [2.75, 3.05) is 10.8 Å². The third-order valence-corrected chi connectivity index (χ3v) is 7.19. The lowest BCUT2D eigenvalue weighted by Crippen LogP contribution is -2.42. The molecule has 2 aromatic carbocycles. The summed E-state index contributed by atoms with van der Waals surface area (Å²) in [7, 11) is -0.938. The molecule has 0 radical (unpaired) electrons. The molecular weight excluding hydrogens is 440 g/mol. The van der Waals surface area contributed by atoms with Crippen LogP contribution >= 0.6 is 11.6 Å². The van der Waals surface area contributed by atoms with Crippen LogP contribution in [0.15, 0.2) is 46.1 Å². The molecule has 1 aromatic heterocycles. The number of halogens is 1. The Labute approximate surface area is 186 Å². The number of fused-ring (bicyclic) bond motifs is 1. The first-order chi connectivity index (χ1) is 14.4. The minimum absolute atomic E-state index is 0.0322. The van der Waals surface area contributed by atoms with Gasteiger partial charge in [-0.1, -0.05) is 17.7 Å². The highest BCUT2D eigenvalue weighted by Gasteiger charge is 2.28. The van der Waals surface area contributed by atoms with Crippen LogP contribution in [0.5, 0.6) is 0 Å². The van der Waals surface area contributed by atoms with Crippen molar-refractivity contribution in [3.8, 4) is 0 Å². The molecule has 0 saturated carbocycles. The summed E-state index contributed by atoms with van der Waals surface area (Å²) in [6.07, 6.45) is 0. The van der Waals surface area contributed by atoms with E-state index in [1.165, 1.54) is 27.3 Å². The second-order valence-corrected chi connectivity index (χ2v) is 9.99. The first-order valence-electron chi connectivity index (χ1n) is 9.67. The molecule has 0 bridgehead atoms. The van der Waals surface area contributed by atoms with Gasteiger partial charge in [-0.3, -0.25) is 18.2 Å². The fourth-order valence-corrected chi connectivity index (χ4v) is 4.93. The van der Waals surface area contributed by atoms with Crippen LogP contribution in [-0.4, -0.2) is 36.0 Å². The van der Waals surface area contributed by atoms with E-state index in [1.54, 1.807) is 53.1 Å². The number of nitrogens with one attached hydrogen (secondary N) is 1. The molecule has 0 atom stereocenters. The molecule has 1 heterocycles. The van der Waals surface area contributed by atoms with E-state index in [1.807, 2.05) is 0 Å². The van der Waals surface area contributed by atoms with Gasteiger partial charge in [0.25, 0.3) is 10.0 Å². The molecule has 8 nitrogen and oxygen atoms in total. The average Bonchev–Trinajstić information content (AvgIpc) is 2.91. The third kappa shape index (κ3) is 4.33. The Kier molecular flexibility index (Phi) is 6.20. The minimum atomic E-state index is -4.14. The number of carbonyl (C=O) groups is 1. The summed E-state index contributed by atoms with van der Waals surface area (Å²) in [5.74, 6) is -0.441. The molecule has 10 heteroatoms. The van der Waals surface area contributed by atoms with E-state index in [2.05, 4.69) is 5.32 Å². The van der Waals surface area contributed by atoms with Crippen LogP contribution < -0.4 is 15.3 Å². The van der Waals surface area contributed by atoms with Crippen LogP contribution in [0.2, 0.25) is 5.02 Å². The average molecular weight is 465 g/mol. The normalized spacial score (nSPS) is 11.8. The summed E-state index contributed by atoms with van der Waals surface area (Å²) in [5, 5.41) is 3.11. The molecule has 31 heavy (non-hydrogen) atoms. The number of amides is 1. The lowest BCUT2D eigenvalue weighted by atomic mass is 10.2. The summed E-state index contributed by atoms with van der Waals surface area (Å²) in [5.41, 5.74) is 1.88. The zero-order valence-corrected chi connectivity index (χ0v) is 19.6. The van der Waals surface area contributed by atoms with Crippen molar-refractivity contribution in [3.05, 3.63) is 57.5 Å². The van der Waals surface area contributed by atoms with Crippen LogP contribution in [0.25, 0.3) is 11.0 Å². The van der Waals surface area contributed by atoms with Crippen LogP contribution in [0.4, 0.5) is 5.69 Å². The number of nitrogens with zero attached hydrogens (tertiary/aromatic N) is 3. The van der Waals surface area contributed by atoms with Crippen LogP contribution in [0.3, 0.4) is 0 Å². The molecule has 0 saturated heterocycles. The predicted molar refractivity (Wildman–Crippen MR) is 122 cm³/mol. The number of anilines is 1. The number of rotatable bonds is 6. The van der Waals surface area contributed by atoms with Gasteiger partial charge in [-0.15, -0.1) is 0 Å². The molecule has 0 unspecified atom stereocenters. The monoisotopic (exact) mass is 464 g/mol. The Morgan fingerprint density at radius 1 is 1.10 bits per heavy atom. The minimum Gasteiger partial charge on any atom is -0.352 e. The lowest BCUT2D eigenvalue weighted by molar-refractivity contribution is -0.120. The highest BCUT2D eigenvalue weighted by Crippen LogP contribution is 2.29. The van der Waals surface area contributed by atoms with Crippen molar-refractivity contribution < 1.29 is 13.2 Å². The smallest absolute Gasteiger partial charge is 0.328 e. The first-order valence-corrected chi connectivity index (χ1v) is 11.5. The van der Waals surface area contributed by atoms with E-state index in [0.717, 1.165) is 9.87 Å². The molecule has 3 aromatic rings. The molecule has 0 fully saturated rings. The van der Waals surface area contributed by atoms with Crippen molar-refractivity contribution in [3.63, 3.8) is 0 Å². The van der Waals surface area contributed by atoms with Gasteiger partial charge in [-0.05, 0) is 56.7 Å². The zero-order valence-electron chi connectivity index (χ0n) is 18.0. The van der Waals surface area contributed by atoms with E-state index in [0.29, 0.717) is 16.1 Å². The van der Waals surface area contributed by atoms with Crippen molar-refractivity contribution in [2.24, 2.45) is 14.1 Å². The maximum absolute atomic E-state index is 13.6. The Morgan fingerprint density at radius 2 is 1.74 bits per heavy atom. The molecule has 1 amide bonds. The number of hydrogen-bond acceptors (Lipinski definition) is 4. The Morgan fingerprint density at radius 3 is 2.35 bits per heavy atom. The first kappa shape index (κ1) is 22.9. The van der Waals surface area contributed by atoms with E-state index in [9.17, 15) is 18.0 Å². The third-order valence-electron chi connectivity index (χ3n) is 5.01. The van der Waals surface area contributed by atoms with Gasteiger partial charge in [0.2, 0.25) is 5.91 Å². The number of imidazole rings is 1. The molecule has 0 aliphatic heterocycles. The maximum atomic E-state index is 13.6. The second kappa shape index (κ2) is 8.39. The second-order valence-electron chi connectivity index (χ2n) is 7.72. The van der Waals surface area contributed by atoms with Crippen molar-refractivity contribution in [1.29, 1.82) is 0 Å². The Balaban J connectivity index is 2.15. The number of sulfonamides is 1. The Bertz CT molecular complexity index is 1330. The number of aromatic nitrogens is 2. The molecule has 0 spiro atoms. The van der Waals surface area contributed by atoms with Gasteiger partial charge in [0.05, 0.1) is 21.6 Å². The zero-order chi connectivity index (χ0) is 23.1. The van der Waals surface area contributed by atoms with Crippen molar-refractivity contribution >= 4 is 44.3 Å². The SMILES string of the molecule is Cc1ccc(N(CC(=O)NC(C)C)S(=O)(=O)c2ccc3c(c2)n(C)c(=O)n3C)cc1Cl. The van der Waals surface area contributed by atoms with Crippen molar-refractivity contribution in [1.82, 2.24) is 14.5 Å². The Hall–Kier alpha value is -2.78. The fourth-order valence-electron chi connectivity index (χ4n) is 3.32. The quantitative estimate of drug-likeness (QED) is 0.606. The predicted octanol–water partition coefficient (Wildman–Crippen LogP) is 2.56. The molecule has 166 valence electrons.